The van der Waals surface area contributed by atoms with Crippen molar-refractivity contribution in [2.24, 2.45) is 0 Å². The van der Waals surface area contributed by atoms with Crippen LogP contribution in [0, 0.1) is 11.6 Å². The fourth-order valence-corrected chi connectivity index (χ4v) is 1.27. The molecule has 21 heavy (non-hydrogen) atoms. The standard InChI is InChI=1S/C10H7FO3.C6H5F/c11-8-3-1-7(2-4-8)9(12)5-6-10(13)14;7-6-4-2-1-3-5-6/h1-6H,(H,13,14);1-5H/b6-5+;. The van der Waals surface area contributed by atoms with Crippen LogP contribution < -0.4 is 0 Å². The van der Waals surface area contributed by atoms with E-state index >= 15 is 0 Å². The summed E-state index contributed by atoms with van der Waals surface area (Å²) in [5.74, 6) is -2.28. The number of hydrogen-bond donors (Lipinski definition) is 1. The third-order valence-electron chi connectivity index (χ3n) is 2.24. The number of ketones is 1. The lowest BCUT2D eigenvalue weighted by Gasteiger charge is -1.93. The number of hydrogen-bond acceptors (Lipinski definition) is 2. The van der Waals surface area contributed by atoms with Gasteiger partial charge < -0.3 is 5.11 Å². The molecule has 0 amide bonds. The highest BCUT2D eigenvalue weighted by atomic mass is 19.1. The fraction of sp³-hybridized carbons (Fsp3) is 0. The number of carboxylic acid groups (broad SMARTS) is 1. The van der Waals surface area contributed by atoms with Gasteiger partial charge in [-0.2, -0.15) is 0 Å². The summed E-state index contributed by atoms with van der Waals surface area (Å²) in [7, 11) is 0. The molecule has 0 saturated heterocycles. The maximum absolute atomic E-state index is 12.4. The van der Waals surface area contributed by atoms with Gasteiger partial charge in [0.05, 0.1) is 0 Å². The van der Waals surface area contributed by atoms with Crippen molar-refractivity contribution in [1.29, 1.82) is 0 Å². The van der Waals surface area contributed by atoms with E-state index in [1.165, 1.54) is 24.3 Å². The Kier molecular flexibility index (Phi) is 6.47. The number of carboxylic acids is 1. The van der Waals surface area contributed by atoms with E-state index in [0.717, 1.165) is 24.3 Å². The third kappa shape index (κ3) is 6.77. The van der Waals surface area contributed by atoms with Gasteiger partial charge in [0.2, 0.25) is 0 Å². The molecule has 0 spiro atoms. The maximum atomic E-state index is 12.4. The minimum Gasteiger partial charge on any atom is -0.478 e. The zero-order valence-corrected chi connectivity index (χ0v) is 10.9. The minimum atomic E-state index is -1.19. The molecule has 0 aromatic heterocycles. The van der Waals surface area contributed by atoms with Crippen molar-refractivity contribution in [3.8, 4) is 0 Å². The first-order chi connectivity index (χ1) is 9.99. The molecule has 0 aliphatic heterocycles. The molecule has 0 heterocycles. The number of carbonyl (C=O) groups is 2. The van der Waals surface area contributed by atoms with Crippen LogP contribution in [0.15, 0.2) is 66.7 Å². The van der Waals surface area contributed by atoms with Crippen molar-refractivity contribution in [2.75, 3.05) is 0 Å². The lowest BCUT2D eigenvalue weighted by molar-refractivity contribution is -0.131. The molecular formula is C16H12F2O3. The molecule has 0 bridgehead atoms. The zero-order valence-electron chi connectivity index (χ0n) is 10.9. The van der Waals surface area contributed by atoms with Gasteiger partial charge >= 0.3 is 5.97 Å². The third-order valence-corrected chi connectivity index (χ3v) is 2.24. The van der Waals surface area contributed by atoms with Crippen LogP contribution in [0.2, 0.25) is 0 Å². The number of carbonyl (C=O) groups excluding carboxylic acids is 1. The molecule has 0 saturated carbocycles. The van der Waals surface area contributed by atoms with Crippen LogP contribution in [0.3, 0.4) is 0 Å². The molecule has 0 aliphatic rings. The molecular weight excluding hydrogens is 278 g/mol. The number of halogens is 2. The van der Waals surface area contributed by atoms with Gasteiger partial charge in [0, 0.05) is 11.6 Å². The van der Waals surface area contributed by atoms with Crippen molar-refractivity contribution in [1.82, 2.24) is 0 Å². The van der Waals surface area contributed by atoms with E-state index < -0.39 is 17.6 Å². The molecule has 0 unspecified atom stereocenters. The predicted molar refractivity (Wildman–Crippen MR) is 73.9 cm³/mol. The van der Waals surface area contributed by atoms with Crippen LogP contribution in [0.25, 0.3) is 0 Å². The molecule has 2 aromatic rings. The van der Waals surface area contributed by atoms with E-state index in [9.17, 15) is 18.4 Å². The maximum Gasteiger partial charge on any atom is 0.328 e. The van der Waals surface area contributed by atoms with Gasteiger partial charge in [-0.05, 0) is 42.5 Å². The van der Waals surface area contributed by atoms with Gasteiger partial charge in [0.15, 0.2) is 5.78 Å². The summed E-state index contributed by atoms with van der Waals surface area (Å²) in [5.41, 5.74) is 0.254. The van der Waals surface area contributed by atoms with Gasteiger partial charge in [-0.3, -0.25) is 4.79 Å². The molecule has 0 radical (unpaired) electrons. The summed E-state index contributed by atoms with van der Waals surface area (Å²) in [6.07, 6.45) is 1.67. The van der Waals surface area contributed by atoms with Crippen molar-refractivity contribution in [2.45, 2.75) is 0 Å². The highest BCUT2D eigenvalue weighted by Gasteiger charge is 2.01. The van der Waals surface area contributed by atoms with Gasteiger partial charge in [0.1, 0.15) is 11.6 Å². The van der Waals surface area contributed by atoms with Gasteiger partial charge in [-0.25, -0.2) is 13.6 Å². The summed E-state index contributed by atoms with van der Waals surface area (Å²) < 4.78 is 24.3. The van der Waals surface area contributed by atoms with Crippen LogP contribution in [-0.4, -0.2) is 16.9 Å². The van der Waals surface area contributed by atoms with Crippen molar-refractivity contribution in [3.63, 3.8) is 0 Å². The number of aliphatic carboxylic acids is 1. The zero-order chi connectivity index (χ0) is 15.7. The number of benzene rings is 2. The fourth-order valence-electron chi connectivity index (χ4n) is 1.27. The second-order valence-electron chi connectivity index (χ2n) is 3.84. The van der Waals surface area contributed by atoms with Crippen LogP contribution in [0.1, 0.15) is 10.4 Å². The molecule has 0 aliphatic carbocycles. The van der Waals surface area contributed by atoms with Gasteiger partial charge in [-0.15, -0.1) is 0 Å². The monoisotopic (exact) mass is 290 g/mol. The van der Waals surface area contributed by atoms with Crippen molar-refractivity contribution < 1.29 is 23.5 Å². The van der Waals surface area contributed by atoms with Crippen molar-refractivity contribution >= 4 is 11.8 Å². The van der Waals surface area contributed by atoms with E-state index in [1.807, 2.05) is 0 Å². The molecule has 0 atom stereocenters. The van der Waals surface area contributed by atoms with Crippen molar-refractivity contribution in [3.05, 3.63) is 83.9 Å². The Morgan fingerprint density at radius 2 is 1.33 bits per heavy atom. The van der Waals surface area contributed by atoms with E-state index in [2.05, 4.69) is 0 Å². The average molecular weight is 290 g/mol. The van der Waals surface area contributed by atoms with Crippen LogP contribution in [0.5, 0.6) is 0 Å². The Bertz CT molecular complexity index is 620. The Hall–Kier alpha value is -2.82. The Balaban J connectivity index is 0.000000262. The van der Waals surface area contributed by atoms with Crippen LogP contribution in [-0.2, 0) is 4.79 Å². The second-order valence-corrected chi connectivity index (χ2v) is 3.84. The first-order valence-corrected chi connectivity index (χ1v) is 5.90. The summed E-state index contributed by atoms with van der Waals surface area (Å²) in [6.45, 7) is 0. The molecule has 2 aromatic carbocycles. The summed E-state index contributed by atoms with van der Waals surface area (Å²) >= 11 is 0. The number of rotatable bonds is 3. The highest BCUT2D eigenvalue weighted by molar-refractivity contribution is 6.06. The van der Waals surface area contributed by atoms with Crippen LogP contribution in [0.4, 0.5) is 8.78 Å². The molecule has 1 N–H and O–H groups in total. The predicted octanol–water partition coefficient (Wildman–Crippen LogP) is 3.47. The van der Waals surface area contributed by atoms with E-state index in [0.29, 0.717) is 0 Å². The first kappa shape index (κ1) is 16.2. The SMILES string of the molecule is Fc1ccccc1.O=C(O)/C=C/C(=O)c1ccc(F)cc1. The van der Waals surface area contributed by atoms with Gasteiger partial charge in [-0.1, -0.05) is 18.2 Å². The lowest BCUT2D eigenvalue weighted by atomic mass is 10.1. The summed E-state index contributed by atoms with van der Waals surface area (Å²) in [4.78, 5) is 21.3. The van der Waals surface area contributed by atoms with E-state index in [4.69, 9.17) is 5.11 Å². The summed E-state index contributed by atoms with van der Waals surface area (Å²) in [5, 5.41) is 8.25. The van der Waals surface area contributed by atoms with Gasteiger partial charge in [0.25, 0.3) is 0 Å². The molecule has 108 valence electrons. The topological polar surface area (TPSA) is 54.4 Å². The highest BCUT2D eigenvalue weighted by Crippen LogP contribution is 2.04. The Morgan fingerprint density at radius 3 is 1.76 bits per heavy atom. The Labute approximate surface area is 120 Å². The molecule has 5 heteroatoms. The Morgan fingerprint density at radius 1 is 0.810 bits per heavy atom. The van der Waals surface area contributed by atoms with E-state index in [-0.39, 0.29) is 11.4 Å². The molecule has 2 rings (SSSR count). The summed E-state index contributed by atoms with van der Waals surface area (Å²) in [6, 6.07) is 12.8. The average Bonchev–Trinajstić information content (AvgIpc) is 2.47. The molecule has 3 nitrogen and oxygen atoms in total. The second kappa shape index (κ2) is 8.37. The smallest absolute Gasteiger partial charge is 0.328 e. The first-order valence-electron chi connectivity index (χ1n) is 5.90. The van der Waals surface area contributed by atoms with Crippen LogP contribution >= 0.6 is 0 Å². The number of allylic oxidation sites excluding steroid dienone is 1. The lowest BCUT2D eigenvalue weighted by Crippen LogP contribution is -1.96. The normalized spacial score (nSPS) is 9.81. The molecule has 0 fully saturated rings. The van der Waals surface area contributed by atoms with E-state index in [1.54, 1.807) is 18.2 Å². The largest absolute Gasteiger partial charge is 0.478 e. The quantitative estimate of drug-likeness (QED) is 0.695. The minimum absolute atomic E-state index is 0.178.